The highest BCUT2D eigenvalue weighted by Crippen LogP contribution is 2.28. The van der Waals surface area contributed by atoms with E-state index in [0.717, 1.165) is 45.2 Å². The molecule has 1 aromatic heterocycles. The maximum absolute atomic E-state index is 5.68. The molecule has 1 fully saturated rings. The molecule has 1 aromatic rings. The van der Waals surface area contributed by atoms with Gasteiger partial charge in [-0.2, -0.15) is 0 Å². The number of ether oxygens (including phenoxy) is 1. The third-order valence-corrected chi connectivity index (χ3v) is 4.01. The van der Waals surface area contributed by atoms with Crippen LogP contribution in [0.1, 0.15) is 24.2 Å². The lowest BCUT2D eigenvalue weighted by Crippen LogP contribution is -2.44. The molecule has 2 heterocycles. The van der Waals surface area contributed by atoms with Crippen LogP contribution < -0.4 is 5.32 Å². The van der Waals surface area contributed by atoms with Crippen LogP contribution in [0.3, 0.4) is 0 Å². The number of aromatic amines is 1. The molecule has 0 spiro atoms. The monoisotopic (exact) mass is 264 g/mol. The van der Waals surface area contributed by atoms with Gasteiger partial charge in [0.05, 0.1) is 24.3 Å². The SMILES string of the molecule is CN(CCOCC1CC1)CC1Cc2nc[nH]c2CN1. The average Bonchev–Trinajstić information content (AvgIpc) is 3.11. The zero-order valence-electron chi connectivity index (χ0n) is 11.7. The number of likely N-dealkylation sites (N-methyl/N-ethyl adjacent to an activating group) is 1. The topological polar surface area (TPSA) is 53.2 Å². The summed E-state index contributed by atoms with van der Waals surface area (Å²) in [5, 5.41) is 3.56. The van der Waals surface area contributed by atoms with Crippen LogP contribution in [0.4, 0.5) is 0 Å². The highest BCUT2D eigenvalue weighted by Gasteiger charge is 2.22. The number of nitrogens with one attached hydrogen (secondary N) is 2. The van der Waals surface area contributed by atoms with Crippen molar-refractivity contribution in [3.8, 4) is 0 Å². The molecule has 106 valence electrons. The third-order valence-electron chi connectivity index (χ3n) is 4.01. The van der Waals surface area contributed by atoms with E-state index in [2.05, 4.69) is 27.2 Å². The minimum absolute atomic E-state index is 0.504. The summed E-state index contributed by atoms with van der Waals surface area (Å²) in [6, 6.07) is 0.504. The van der Waals surface area contributed by atoms with E-state index in [1.54, 1.807) is 6.33 Å². The second-order valence-corrected chi connectivity index (χ2v) is 5.89. The molecule has 2 aliphatic rings. The first-order valence-corrected chi connectivity index (χ1v) is 7.32. The lowest BCUT2D eigenvalue weighted by Gasteiger charge is -2.27. The predicted octanol–water partition coefficient (Wildman–Crippen LogP) is 0.782. The van der Waals surface area contributed by atoms with Crippen molar-refractivity contribution in [2.24, 2.45) is 5.92 Å². The predicted molar refractivity (Wildman–Crippen MR) is 74.0 cm³/mol. The Morgan fingerprint density at radius 1 is 1.47 bits per heavy atom. The van der Waals surface area contributed by atoms with Gasteiger partial charge in [-0.3, -0.25) is 0 Å². The van der Waals surface area contributed by atoms with Crippen LogP contribution in [0.5, 0.6) is 0 Å². The fraction of sp³-hybridized carbons (Fsp3) is 0.786. The zero-order valence-corrected chi connectivity index (χ0v) is 11.7. The summed E-state index contributed by atoms with van der Waals surface area (Å²) in [5.74, 6) is 0.864. The molecule has 0 bridgehead atoms. The summed E-state index contributed by atoms with van der Waals surface area (Å²) in [4.78, 5) is 9.91. The molecule has 19 heavy (non-hydrogen) atoms. The molecule has 5 nitrogen and oxygen atoms in total. The molecule has 5 heteroatoms. The maximum atomic E-state index is 5.68. The normalized spacial score (nSPS) is 22.7. The van der Waals surface area contributed by atoms with Gasteiger partial charge in [0.1, 0.15) is 0 Å². The van der Waals surface area contributed by atoms with Gasteiger partial charge in [0.15, 0.2) is 0 Å². The van der Waals surface area contributed by atoms with Crippen molar-refractivity contribution in [2.45, 2.75) is 31.8 Å². The Morgan fingerprint density at radius 2 is 2.37 bits per heavy atom. The summed E-state index contributed by atoms with van der Waals surface area (Å²) >= 11 is 0. The second-order valence-electron chi connectivity index (χ2n) is 5.89. The van der Waals surface area contributed by atoms with E-state index >= 15 is 0 Å². The highest BCUT2D eigenvalue weighted by molar-refractivity contribution is 5.15. The lowest BCUT2D eigenvalue weighted by atomic mass is 10.1. The van der Waals surface area contributed by atoms with Crippen molar-refractivity contribution in [3.63, 3.8) is 0 Å². The minimum Gasteiger partial charge on any atom is -0.380 e. The Bertz CT molecular complexity index is 402. The van der Waals surface area contributed by atoms with Crippen molar-refractivity contribution in [2.75, 3.05) is 33.4 Å². The van der Waals surface area contributed by atoms with Crippen molar-refractivity contribution in [1.29, 1.82) is 0 Å². The van der Waals surface area contributed by atoms with Crippen LogP contribution in [-0.4, -0.2) is 54.3 Å². The average molecular weight is 264 g/mol. The van der Waals surface area contributed by atoms with Gasteiger partial charge in [-0.15, -0.1) is 0 Å². The van der Waals surface area contributed by atoms with E-state index < -0.39 is 0 Å². The minimum atomic E-state index is 0.504. The van der Waals surface area contributed by atoms with Gasteiger partial charge in [0, 0.05) is 38.7 Å². The molecule has 2 N–H and O–H groups in total. The van der Waals surface area contributed by atoms with Gasteiger partial charge in [-0.05, 0) is 25.8 Å². The summed E-state index contributed by atoms with van der Waals surface area (Å²) in [5.41, 5.74) is 2.47. The quantitative estimate of drug-likeness (QED) is 0.715. The number of hydrogen-bond donors (Lipinski definition) is 2. The number of H-pyrrole nitrogens is 1. The van der Waals surface area contributed by atoms with Gasteiger partial charge in [-0.1, -0.05) is 0 Å². The fourth-order valence-corrected chi connectivity index (χ4v) is 2.58. The first kappa shape index (κ1) is 13.1. The van der Waals surface area contributed by atoms with Gasteiger partial charge in [-0.25, -0.2) is 4.98 Å². The molecule has 0 radical (unpaired) electrons. The maximum Gasteiger partial charge on any atom is 0.0925 e. The molecule has 0 amide bonds. The first-order valence-electron chi connectivity index (χ1n) is 7.32. The van der Waals surface area contributed by atoms with Crippen molar-refractivity contribution < 1.29 is 4.74 Å². The number of imidazole rings is 1. The zero-order chi connectivity index (χ0) is 13.1. The standard InChI is InChI=1S/C14H24N4O/c1-18(4-5-19-9-11-2-3-11)8-12-6-13-14(7-15-12)17-10-16-13/h10-12,15H,2-9H2,1H3,(H,16,17). The van der Waals surface area contributed by atoms with Crippen molar-refractivity contribution >= 4 is 0 Å². The highest BCUT2D eigenvalue weighted by atomic mass is 16.5. The molecule has 3 rings (SSSR count). The Balaban J connectivity index is 1.34. The molecule has 0 saturated heterocycles. The van der Waals surface area contributed by atoms with E-state index in [1.165, 1.54) is 24.2 Å². The third kappa shape index (κ3) is 3.78. The number of hydrogen-bond acceptors (Lipinski definition) is 4. The molecular weight excluding hydrogens is 240 g/mol. The summed E-state index contributed by atoms with van der Waals surface area (Å²) in [6.07, 6.45) is 5.55. The van der Waals surface area contributed by atoms with Crippen LogP contribution in [0.2, 0.25) is 0 Å². The van der Waals surface area contributed by atoms with E-state index in [0.29, 0.717) is 6.04 Å². The molecule has 1 unspecified atom stereocenters. The molecular formula is C14H24N4O. The van der Waals surface area contributed by atoms with Gasteiger partial charge in [0.2, 0.25) is 0 Å². The number of nitrogens with zero attached hydrogens (tertiary/aromatic N) is 2. The van der Waals surface area contributed by atoms with E-state index in [1.807, 2.05) is 0 Å². The number of rotatable bonds is 7. The van der Waals surface area contributed by atoms with Gasteiger partial charge >= 0.3 is 0 Å². The first-order chi connectivity index (χ1) is 9.31. The van der Waals surface area contributed by atoms with Crippen molar-refractivity contribution in [3.05, 3.63) is 17.7 Å². The van der Waals surface area contributed by atoms with Crippen LogP contribution in [0.15, 0.2) is 6.33 Å². The molecule has 1 atom stereocenters. The van der Waals surface area contributed by atoms with E-state index in [4.69, 9.17) is 4.74 Å². The molecule has 1 aliphatic heterocycles. The summed E-state index contributed by atoms with van der Waals surface area (Å²) < 4.78 is 5.68. The molecule has 0 aromatic carbocycles. The summed E-state index contributed by atoms with van der Waals surface area (Å²) in [6.45, 7) is 4.79. The number of aromatic nitrogens is 2. The van der Waals surface area contributed by atoms with Gasteiger partial charge < -0.3 is 19.9 Å². The lowest BCUT2D eigenvalue weighted by molar-refractivity contribution is 0.100. The van der Waals surface area contributed by atoms with Crippen LogP contribution in [0, 0.1) is 5.92 Å². The Kier molecular flexibility index (Phi) is 4.15. The van der Waals surface area contributed by atoms with Crippen molar-refractivity contribution in [1.82, 2.24) is 20.2 Å². The molecule has 1 aliphatic carbocycles. The molecule has 1 saturated carbocycles. The Hall–Kier alpha value is -0.910. The van der Waals surface area contributed by atoms with E-state index in [9.17, 15) is 0 Å². The Morgan fingerprint density at radius 3 is 3.21 bits per heavy atom. The van der Waals surface area contributed by atoms with Crippen LogP contribution >= 0.6 is 0 Å². The largest absolute Gasteiger partial charge is 0.380 e. The van der Waals surface area contributed by atoms with Crippen LogP contribution in [-0.2, 0) is 17.7 Å². The Labute approximate surface area is 114 Å². The van der Waals surface area contributed by atoms with E-state index in [-0.39, 0.29) is 0 Å². The number of fused-ring (bicyclic) bond motifs is 1. The fourth-order valence-electron chi connectivity index (χ4n) is 2.58. The summed E-state index contributed by atoms with van der Waals surface area (Å²) in [7, 11) is 2.17. The smallest absolute Gasteiger partial charge is 0.0925 e. The second kappa shape index (κ2) is 6.03. The van der Waals surface area contributed by atoms with Crippen LogP contribution in [0.25, 0.3) is 0 Å². The van der Waals surface area contributed by atoms with Gasteiger partial charge in [0.25, 0.3) is 0 Å².